The number of carbonyl (C=O) groups is 1. The van der Waals surface area contributed by atoms with Crippen LogP contribution in [0.5, 0.6) is 0 Å². The Hall–Kier alpha value is -1.67. The van der Waals surface area contributed by atoms with Gasteiger partial charge in [-0.05, 0) is 57.8 Å². The van der Waals surface area contributed by atoms with Crippen LogP contribution in [-0.4, -0.2) is 110 Å². The minimum absolute atomic E-state index is 0.252. The fraction of sp³-hybridized carbons (Fsp3) is 0.837. The monoisotopic (exact) mass is 770 g/mol. The number of amides is 1. The predicted molar refractivity (Wildman–Crippen MR) is 215 cm³/mol. The van der Waals surface area contributed by atoms with Gasteiger partial charge in [-0.3, -0.25) is 4.79 Å². The first-order valence-electron chi connectivity index (χ1n) is 21.4. The Morgan fingerprint density at radius 2 is 1.20 bits per heavy atom. The van der Waals surface area contributed by atoms with Gasteiger partial charge in [-0.2, -0.15) is 0 Å². The van der Waals surface area contributed by atoms with E-state index in [0.29, 0.717) is 12.8 Å². The molecule has 1 fully saturated rings. The van der Waals surface area contributed by atoms with E-state index in [1.165, 1.54) is 64.2 Å². The number of ether oxygens (including phenoxy) is 2. The van der Waals surface area contributed by atoms with Crippen LogP contribution in [0, 0.1) is 0 Å². The second-order valence-corrected chi connectivity index (χ2v) is 15.0. The molecule has 8 N–H and O–H groups in total. The summed E-state index contributed by atoms with van der Waals surface area (Å²) >= 11 is 0. The summed E-state index contributed by atoms with van der Waals surface area (Å²) in [7, 11) is 0. The van der Waals surface area contributed by atoms with Gasteiger partial charge in [0, 0.05) is 0 Å². The Kier molecular flexibility index (Phi) is 31.2. The van der Waals surface area contributed by atoms with Crippen LogP contribution in [0.4, 0.5) is 0 Å². The quantitative estimate of drug-likeness (QED) is 0.0283. The van der Waals surface area contributed by atoms with Crippen LogP contribution in [0.15, 0.2) is 36.5 Å². The highest BCUT2D eigenvalue weighted by molar-refractivity contribution is 5.80. The zero-order valence-corrected chi connectivity index (χ0v) is 33.7. The van der Waals surface area contributed by atoms with Crippen LogP contribution in [0.25, 0.3) is 0 Å². The highest BCUT2D eigenvalue weighted by atomic mass is 16.7. The van der Waals surface area contributed by atoms with E-state index in [1.54, 1.807) is 0 Å². The summed E-state index contributed by atoms with van der Waals surface area (Å²) in [6.07, 6.45) is 25.3. The molecule has 0 aliphatic carbocycles. The van der Waals surface area contributed by atoms with Crippen LogP contribution in [0.2, 0.25) is 0 Å². The standard InChI is InChI=1S/C43H79NO10/c1-3-5-7-9-11-12-13-14-15-16-17-18-19-20-21-22-23-25-27-29-31-36(47)42(52)44-34(38(48)35(46)30-28-26-24-10-8-6-4-2)33-53-43-41(51)40(50)39(49)37(32-45)54-43/h5,7,10-12,24,34-41,43,45-51H,3-4,6,8-9,13-23,25-33H2,1-2H3,(H,44,52)/b7-5-,12-11-,24-10+. The van der Waals surface area contributed by atoms with Gasteiger partial charge in [0.2, 0.25) is 5.91 Å². The molecule has 1 rings (SSSR count). The fourth-order valence-corrected chi connectivity index (χ4v) is 6.58. The maximum atomic E-state index is 13.0. The SMILES string of the molecule is CC/C=C\C/C=C\CCCCCCCCCCCCCCCC(O)C(=O)NC(COC1OC(CO)C(O)C(O)C1O)C(O)C(O)CCC/C=C/CCCC. The van der Waals surface area contributed by atoms with Gasteiger partial charge in [-0.25, -0.2) is 0 Å². The van der Waals surface area contributed by atoms with Crippen molar-refractivity contribution in [1.82, 2.24) is 5.32 Å². The van der Waals surface area contributed by atoms with Crippen molar-refractivity contribution >= 4 is 5.91 Å². The van der Waals surface area contributed by atoms with Gasteiger partial charge < -0.3 is 50.5 Å². The number of hydrogen-bond donors (Lipinski definition) is 8. The smallest absolute Gasteiger partial charge is 0.249 e. The number of hydrogen-bond acceptors (Lipinski definition) is 10. The van der Waals surface area contributed by atoms with Gasteiger partial charge in [0.1, 0.15) is 36.6 Å². The van der Waals surface area contributed by atoms with Crippen molar-refractivity contribution in [3.63, 3.8) is 0 Å². The average molecular weight is 770 g/mol. The molecule has 1 amide bonds. The summed E-state index contributed by atoms with van der Waals surface area (Å²) in [5, 5.41) is 75.1. The van der Waals surface area contributed by atoms with E-state index in [-0.39, 0.29) is 12.8 Å². The molecule has 1 heterocycles. The summed E-state index contributed by atoms with van der Waals surface area (Å²) < 4.78 is 11.0. The van der Waals surface area contributed by atoms with Crippen molar-refractivity contribution < 1.29 is 50.0 Å². The third kappa shape index (κ3) is 23.4. The van der Waals surface area contributed by atoms with Crippen molar-refractivity contribution in [1.29, 1.82) is 0 Å². The van der Waals surface area contributed by atoms with Gasteiger partial charge in [-0.1, -0.05) is 140 Å². The van der Waals surface area contributed by atoms with E-state index in [4.69, 9.17) is 9.47 Å². The molecule has 1 aliphatic heterocycles. The van der Waals surface area contributed by atoms with Crippen molar-refractivity contribution in [2.45, 2.75) is 217 Å². The van der Waals surface area contributed by atoms with Gasteiger partial charge in [-0.15, -0.1) is 0 Å². The van der Waals surface area contributed by atoms with Crippen molar-refractivity contribution in [3.05, 3.63) is 36.5 Å². The molecule has 0 aromatic heterocycles. The Morgan fingerprint density at radius 3 is 1.80 bits per heavy atom. The van der Waals surface area contributed by atoms with E-state index in [2.05, 4.69) is 49.5 Å². The normalized spacial score (nSPS) is 23.0. The lowest BCUT2D eigenvalue weighted by atomic mass is 9.98. The largest absolute Gasteiger partial charge is 0.394 e. The van der Waals surface area contributed by atoms with Gasteiger partial charge in [0.25, 0.3) is 0 Å². The lowest BCUT2D eigenvalue weighted by Crippen LogP contribution is -2.60. The molecule has 0 radical (unpaired) electrons. The zero-order chi connectivity index (χ0) is 39.8. The molecular weight excluding hydrogens is 690 g/mol. The average Bonchev–Trinajstić information content (AvgIpc) is 3.17. The van der Waals surface area contributed by atoms with Crippen LogP contribution in [0.1, 0.15) is 162 Å². The minimum Gasteiger partial charge on any atom is -0.394 e. The molecule has 1 saturated heterocycles. The molecule has 9 atom stereocenters. The van der Waals surface area contributed by atoms with Crippen LogP contribution in [0.3, 0.4) is 0 Å². The first-order chi connectivity index (χ1) is 26.2. The Morgan fingerprint density at radius 1 is 0.667 bits per heavy atom. The molecule has 0 saturated carbocycles. The highest BCUT2D eigenvalue weighted by Gasteiger charge is 2.44. The summed E-state index contributed by atoms with van der Waals surface area (Å²) in [4.78, 5) is 13.0. The lowest BCUT2D eigenvalue weighted by Gasteiger charge is -2.40. The molecule has 0 aromatic rings. The maximum absolute atomic E-state index is 13.0. The molecule has 0 bridgehead atoms. The van der Waals surface area contributed by atoms with Crippen LogP contribution in [-0.2, 0) is 14.3 Å². The topological polar surface area (TPSA) is 189 Å². The first-order valence-corrected chi connectivity index (χ1v) is 21.4. The summed E-state index contributed by atoms with van der Waals surface area (Å²) in [5.74, 6) is -0.713. The van der Waals surface area contributed by atoms with Crippen molar-refractivity contribution in [2.24, 2.45) is 0 Å². The highest BCUT2D eigenvalue weighted by Crippen LogP contribution is 2.23. The molecular formula is C43H79NO10. The predicted octanol–water partition coefficient (Wildman–Crippen LogP) is 6.05. The van der Waals surface area contributed by atoms with E-state index in [0.717, 1.165) is 57.8 Å². The number of allylic oxidation sites excluding steroid dienone is 6. The Balaban J connectivity index is 2.38. The molecule has 11 nitrogen and oxygen atoms in total. The molecule has 1 aliphatic rings. The van der Waals surface area contributed by atoms with Crippen LogP contribution >= 0.6 is 0 Å². The zero-order valence-electron chi connectivity index (χ0n) is 33.7. The minimum atomic E-state index is -1.66. The third-order valence-electron chi connectivity index (χ3n) is 10.2. The van der Waals surface area contributed by atoms with Gasteiger partial charge in [0.15, 0.2) is 6.29 Å². The first kappa shape index (κ1) is 50.3. The number of nitrogens with one attached hydrogen (secondary N) is 1. The number of carbonyl (C=O) groups excluding carboxylic acids is 1. The Labute approximate surface area is 326 Å². The van der Waals surface area contributed by atoms with Crippen molar-refractivity contribution in [3.8, 4) is 0 Å². The van der Waals surface area contributed by atoms with Crippen LogP contribution < -0.4 is 5.32 Å². The summed E-state index contributed by atoms with van der Waals surface area (Å²) in [5.41, 5.74) is 0. The molecule has 11 heteroatoms. The van der Waals surface area contributed by atoms with Gasteiger partial charge in [0.05, 0.1) is 25.4 Å². The molecule has 0 spiro atoms. The van der Waals surface area contributed by atoms with E-state index in [9.17, 15) is 40.5 Å². The summed E-state index contributed by atoms with van der Waals surface area (Å²) in [6.45, 7) is 3.21. The van der Waals surface area contributed by atoms with Crippen molar-refractivity contribution in [2.75, 3.05) is 13.2 Å². The maximum Gasteiger partial charge on any atom is 0.249 e. The Bertz CT molecular complexity index is 976. The summed E-state index contributed by atoms with van der Waals surface area (Å²) in [6, 6.07) is -1.18. The number of unbranched alkanes of at least 4 members (excludes halogenated alkanes) is 16. The second-order valence-electron chi connectivity index (χ2n) is 15.0. The van der Waals surface area contributed by atoms with E-state index in [1.807, 2.05) is 6.08 Å². The lowest BCUT2D eigenvalue weighted by molar-refractivity contribution is -0.303. The number of aliphatic hydroxyl groups excluding tert-OH is 7. The molecule has 0 aromatic carbocycles. The number of aliphatic hydroxyl groups is 7. The molecule has 54 heavy (non-hydrogen) atoms. The molecule has 9 unspecified atom stereocenters. The number of rotatable bonds is 34. The van der Waals surface area contributed by atoms with E-state index < -0.39 is 74.2 Å². The second kappa shape index (κ2) is 33.5. The molecule has 316 valence electrons. The third-order valence-corrected chi connectivity index (χ3v) is 10.2. The van der Waals surface area contributed by atoms with Gasteiger partial charge >= 0.3 is 0 Å². The fourth-order valence-electron chi connectivity index (χ4n) is 6.58. The van der Waals surface area contributed by atoms with E-state index >= 15 is 0 Å².